The summed E-state index contributed by atoms with van der Waals surface area (Å²) in [4.78, 5) is 0. The molecule has 0 fully saturated rings. The second-order valence-corrected chi connectivity index (χ2v) is 5.60. The molecule has 0 heterocycles. The zero-order valence-corrected chi connectivity index (χ0v) is 18.0. The lowest BCUT2D eigenvalue weighted by atomic mass is 10.0. The van der Waals surface area contributed by atoms with Crippen LogP contribution in [0.3, 0.4) is 0 Å². The molecule has 0 aliphatic heterocycles. The minimum absolute atomic E-state index is 0.896. The molecule has 0 aromatic heterocycles. The molecule has 1 nitrogen and oxygen atoms in total. The molecule has 0 unspecified atom stereocenters. The summed E-state index contributed by atoms with van der Waals surface area (Å²) in [6, 6.07) is 16.6. The molecular weight excluding hydrogens is 376 g/mol. The number of aryl methyl sites for hydroxylation is 1. The van der Waals surface area contributed by atoms with Gasteiger partial charge in [-0.1, -0.05) is 53.8 Å². The molecule has 0 radical (unpaired) electrons. The van der Waals surface area contributed by atoms with Crippen LogP contribution in [0.15, 0.2) is 48.5 Å². The average molecular weight is 396 g/mol. The van der Waals surface area contributed by atoms with Crippen LogP contribution in [0.2, 0.25) is 0 Å². The summed E-state index contributed by atoms with van der Waals surface area (Å²) in [6.07, 6.45) is 0. The van der Waals surface area contributed by atoms with Gasteiger partial charge in [0.1, 0.15) is 5.75 Å². The zero-order chi connectivity index (χ0) is 22.6. The highest BCUT2D eigenvalue weighted by molar-refractivity contribution is 5.65. The van der Waals surface area contributed by atoms with Crippen LogP contribution in [0.25, 0.3) is 11.1 Å². The predicted octanol–water partition coefficient (Wildman–Crippen LogP) is 4.72. The number of ether oxygens (including phenoxy) is 1. The Balaban J connectivity index is 0.000000310. The maximum Gasteiger partial charge on any atom is 0.119 e. The molecule has 2 rings (SSSR count). The Morgan fingerprint density at radius 3 is 1.42 bits per heavy atom. The first kappa shape index (κ1) is 24.2. The van der Waals surface area contributed by atoms with Gasteiger partial charge in [0, 0.05) is 0 Å². The predicted molar refractivity (Wildman–Crippen MR) is 129 cm³/mol. The molecule has 0 aliphatic rings. The summed E-state index contributed by atoms with van der Waals surface area (Å²) in [7, 11) is 1.69. The number of rotatable bonds is 2. The van der Waals surface area contributed by atoms with E-state index in [9.17, 15) is 0 Å². The topological polar surface area (TPSA) is 9.23 Å². The van der Waals surface area contributed by atoms with Crippen LogP contribution in [0.1, 0.15) is 19.4 Å². The molecule has 0 amide bonds. The van der Waals surface area contributed by atoms with Crippen LogP contribution >= 0.6 is 0 Å². The third-order valence-electron chi connectivity index (χ3n) is 3.39. The van der Waals surface area contributed by atoms with E-state index in [1.165, 1.54) is 16.7 Å². The number of hydrogen-bond acceptors (Lipinski definition) is 1. The van der Waals surface area contributed by atoms with Gasteiger partial charge in [-0.25, -0.2) is 0 Å². The third kappa shape index (κ3) is 11.6. The fourth-order valence-electron chi connectivity index (χ4n) is 1.99. The Bertz CT molecular complexity index is 1250. The largest absolute Gasteiger partial charge is 0.497 e. The van der Waals surface area contributed by atoms with Gasteiger partial charge >= 0.3 is 0 Å². The SMILES string of the molecule is CC#CC#CC#CC#CC#CC#CC#CC.COc1cccc(-c2ccc(C)cc2)c1. The minimum Gasteiger partial charge on any atom is -0.497 e. The van der Waals surface area contributed by atoms with Gasteiger partial charge in [-0.15, -0.1) is 0 Å². The van der Waals surface area contributed by atoms with Crippen molar-refractivity contribution >= 4 is 0 Å². The van der Waals surface area contributed by atoms with Crippen molar-refractivity contribution in [3.05, 3.63) is 54.1 Å². The fraction of sp³-hybridized carbons (Fsp3) is 0.133. The van der Waals surface area contributed by atoms with Gasteiger partial charge in [0.2, 0.25) is 0 Å². The molecule has 1 heteroatoms. The molecule has 0 N–H and O–H groups in total. The Kier molecular flexibility index (Phi) is 12.6. The lowest BCUT2D eigenvalue weighted by Gasteiger charge is -2.04. The summed E-state index contributed by atoms with van der Waals surface area (Å²) in [5, 5.41) is 0. The van der Waals surface area contributed by atoms with Gasteiger partial charge < -0.3 is 4.74 Å². The van der Waals surface area contributed by atoms with Gasteiger partial charge in [-0.2, -0.15) is 0 Å². The van der Waals surface area contributed by atoms with E-state index in [0.717, 1.165) is 5.75 Å². The molecule has 0 atom stereocenters. The number of benzene rings is 2. The van der Waals surface area contributed by atoms with E-state index in [0.29, 0.717) is 0 Å². The van der Waals surface area contributed by atoms with Crippen molar-refractivity contribution in [2.45, 2.75) is 20.8 Å². The summed E-state index contributed by atoms with van der Waals surface area (Å²) in [6.45, 7) is 5.51. The molecule has 31 heavy (non-hydrogen) atoms. The third-order valence-corrected chi connectivity index (χ3v) is 3.39. The van der Waals surface area contributed by atoms with Crippen molar-refractivity contribution in [1.82, 2.24) is 0 Å². The molecule has 0 bridgehead atoms. The van der Waals surface area contributed by atoms with Crippen molar-refractivity contribution in [3.8, 4) is 99.8 Å². The van der Waals surface area contributed by atoms with Crippen LogP contribution in [0, 0.1) is 89.8 Å². The lowest BCUT2D eigenvalue weighted by Crippen LogP contribution is -1.83. The Morgan fingerprint density at radius 1 is 0.548 bits per heavy atom. The number of hydrogen-bond donors (Lipinski definition) is 0. The second-order valence-electron chi connectivity index (χ2n) is 5.60. The Labute approximate surface area is 186 Å². The number of methoxy groups -OCH3 is 1. The minimum atomic E-state index is 0.896. The van der Waals surface area contributed by atoms with Gasteiger partial charge in [0.25, 0.3) is 0 Å². The normalized spacial score (nSPS) is 6.84. The maximum atomic E-state index is 5.20. The molecule has 0 saturated carbocycles. The Hall–Kier alpha value is -4.84. The summed E-state index contributed by atoms with van der Waals surface area (Å²) in [5.41, 5.74) is 3.69. The average Bonchev–Trinajstić information content (AvgIpc) is 2.81. The highest BCUT2D eigenvalue weighted by Gasteiger charge is 1.98. The highest BCUT2D eigenvalue weighted by atomic mass is 16.5. The molecule has 2 aromatic carbocycles. The maximum absolute atomic E-state index is 5.20. The fourth-order valence-corrected chi connectivity index (χ4v) is 1.99. The van der Waals surface area contributed by atoms with Crippen molar-refractivity contribution in [2.75, 3.05) is 7.11 Å². The first-order valence-corrected chi connectivity index (χ1v) is 9.26. The Morgan fingerprint density at radius 2 is 1.00 bits per heavy atom. The monoisotopic (exact) mass is 396 g/mol. The van der Waals surface area contributed by atoms with Gasteiger partial charge in [0.05, 0.1) is 7.11 Å². The van der Waals surface area contributed by atoms with Crippen molar-refractivity contribution in [2.24, 2.45) is 0 Å². The second kappa shape index (κ2) is 16.1. The van der Waals surface area contributed by atoms with E-state index in [1.54, 1.807) is 21.0 Å². The van der Waals surface area contributed by atoms with Crippen molar-refractivity contribution < 1.29 is 4.74 Å². The lowest BCUT2D eigenvalue weighted by molar-refractivity contribution is 0.415. The van der Waals surface area contributed by atoms with Crippen molar-refractivity contribution in [3.63, 3.8) is 0 Å². The van der Waals surface area contributed by atoms with E-state index < -0.39 is 0 Å². The van der Waals surface area contributed by atoms with E-state index in [4.69, 9.17) is 4.74 Å². The van der Waals surface area contributed by atoms with Crippen LogP contribution in [-0.4, -0.2) is 7.11 Å². The van der Waals surface area contributed by atoms with Gasteiger partial charge in [-0.3, -0.25) is 0 Å². The summed E-state index contributed by atoms with van der Waals surface area (Å²) in [5.74, 6) is 36.5. The smallest absolute Gasteiger partial charge is 0.119 e. The first-order chi connectivity index (χ1) is 15.2. The van der Waals surface area contributed by atoms with E-state index >= 15 is 0 Å². The molecule has 0 spiro atoms. The molecule has 0 aliphatic carbocycles. The van der Waals surface area contributed by atoms with Crippen molar-refractivity contribution in [1.29, 1.82) is 0 Å². The van der Waals surface area contributed by atoms with Crippen LogP contribution < -0.4 is 4.74 Å². The van der Waals surface area contributed by atoms with Gasteiger partial charge in [0.15, 0.2) is 0 Å². The van der Waals surface area contributed by atoms with E-state index in [2.05, 4.69) is 120 Å². The van der Waals surface area contributed by atoms with Crippen LogP contribution in [0.4, 0.5) is 0 Å². The van der Waals surface area contributed by atoms with Crippen LogP contribution in [0.5, 0.6) is 5.75 Å². The zero-order valence-electron chi connectivity index (χ0n) is 18.0. The molecule has 0 saturated heterocycles. The van der Waals surface area contributed by atoms with E-state index in [1.807, 2.05) is 18.2 Å². The molecule has 146 valence electrons. The van der Waals surface area contributed by atoms with E-state index in [-0.39, 0.29) is 0 Å². The standard InChI is InChI=1S/C16H6.C14H14O/c1-3-5-7-9-11-13-15-16-14-12-10-8-6-4-2;1-11-6-8-12(9-7-11)13-4-3-5-14(10-13)15-2/h1-2H3;3-10H,1-2H3. The molecule has 2 aromatic rings. The van der Waals surface area contributed by atoms with Crippen LogP contribution in [-0.2, 0) is 0 Å². The molecular formula is C30H20O. The highest BCUT2D eigenvalue weighted by Crippen LogP contribution is 2.23. The quantitative estimate of drug-likeness (QED) is 0.668. The summed E-state index contributed by atoms with van der Waals surface area (Å²) >= 11 is 0. The first-order valence-electron chi connectivity index (χ1n) is 9.26. The van der Waals surface area contributed by atoms with Gasteiger partial charge in [-0.05, 0) is 115 Å². The summed E-state index contributed by atoms with van der Waals surface area (Å²) < 4.78 is 5.20.